The van der Waals surface area contributed by atoms with Gasteiger partial charge < -0.3 is 0 Å². The molecule has 0 heterocycles. The van der Waals surface area contributed by atoms with Crippen LogP contribution in [0.3, 0.4) is 0 Å². The smallest absolute Gasteiger partial charge is 0.0142 e. The number of fused-ring (bicyclic) bond motifs is 1. The molecule has 0 N–H and O–H groups in total. The quantitative estimate of drug-likeness (QED) is 0.634. The van der Waals surface area contributed by atoms with E-state index in [-0.39, 0.29) is 0 Å². The van der Waals surface area contributed by atoms with Crippen LogP contribution in [0.15, 0.2) is 90.6 Å². The van der Waals surface area contributed by atoms with Gasteiger partial charge in [0.2, 0.25) is 0 Å². The van der Waals surface area contributed by atoms with Crippen molar-refractivity contribution in [2.45, 2.75) is 18.8 Å². The van der Waals surface area contributed by atoms with E-state index in [1.165, 1.54) is 33.4 Å². The number of rotatable bonds is 4. The predicted octanol–water partition coefficient (Wildman–Crippen LogP) is 6.16. The summed E-state index contributed by atoms with van der Waals surface area (Å²) in [5.74, 6) is 0.405. The largest absolute Gasteiger partial charge is 0.0955 e. The Kier molecular flexibility index (Phi) is 3.59. The van der Waals surface area contributed by atoms with Gasteiger partial charge in [0.05, 0.1) is 0 Å². The molecular weight excluding hydrogens is 276 g/mol. The molecule has 0 aliphatic heterocycles. The van der Waals surface area contributed by atoms with Crippen molar-refractivity contribution in [3.63, 3.8) is 0 Å². The lowest BCUT2D eigenvalue weighted by molar-refractivity contribution is 0.858. The van der Waals surface area contributed by atoms with Crippen molar-refractivity contribution in [1.29, 1.82) is 0 Å². The molecule has 2 aromatic carbocycles. The molecule has 0 saturated carbocycles. The molecule has 2 aromatic rings. The van der Waals surface area contributed by atoms with Crippen molar-refractivity contribution >= 4 is 11.6 Å². The van der Waals surface area contributed by atoms with E-state index in [1.807, 2.05) is 0 Å². The highest BCUT2D eigenvalue weighted by molar-refractivity contribution is 5.91. The van der Waals surface area contributed by atoms with Crippen LogP contribution in [0, 0.1) is 0 Å². The number of hydrogen-bond acceptors (Lipinski definition) is 0. The first-order chi connectivity index (χ1) is 11.3. The third-order valence-electron chi connectivity index (χ3n) is 4.84. The molecule has 2 aliphatic carbocycles. The minimum absolute atomic E-state index is 0.405. The van der Waals surface area contributed by atoms with Crippen LogP contribution < -0.4 is 0 Å². The second-order valence-electron chi connectivity index (χ2n) is 6.28. The first-order valence-corrected chi connectivity index (χ1v) is 8.23. The second kappa shape index (κ2) is 5.89. The van der Waals surface area contributed by atoms with Gasteiger partial charge in [-0.2, -0.15) is 0 Å². The van der Waals surface area contributed by atoms with Crippen molar-refractivity contribution in [1.82, 2.24) is 0 Å². The van der Waals surface area contributed by atoms with E-state index in [2.05, 4.69) is 85.5 Å². The summed E-state index contributed by atoms with van der Waals surface area (Å²) < 4.78 is 0. The maximum atomic E-state index is 4.37. The van der Waals surface area contributed by atoms with Crippen molar-refractivity contribution in [3.8, 4) is 0 Å². The van der Waals surface area contributed by atoms with Crippen LogP contribution in [0.5, 0.6) is 0 Å². The highest BCUT2D eigenvalue weighted by Crippen LogP contribution is 2.46. The van der Waals surface area contributed by atoms with Gasteiger partial charge in [0.15, 0.2) is 0 Å². The molecule has 0 fully saturated rings. The van der Waals surface area contributed by atoms with E-state index in [9.17, 15) is 0 Å². The van der Waals surface area contributed by atoms with Gasteiger partial charge in [-0.3, -0.25) is 0 Å². The normalized spacial score (nSPS) is 18.5. The Balaban J connectivity index is 1.69. The summed E-state index contributed by atoms with van der Waals surface area (Å²) in [4.78, 5) is 0. The molecule has 4 rings (SSSR count). The van der Waals surface area contributed by atoms with Crippen LogP contribution in [0.4, 0.5) is 0 Å². The van der Waals surface area contributed by atoms with Crippen molar-refractivity contribution < 1.29 is 0 Å². The van der Waals surface area contributed by atoms with Gasteiger partial charge in [0.25, 0.3) is 0 Å². The fourth-order valence-electron chi connectivity index (χ4n) is 3.62. The summed E-state index contributed by atoms with van der Waals surface area (Å²) in [5, 5.41) is 0. The molecule has 1 unspecified atom stereocenters. The number of hydrogen-bond donors (Lipinski definition) is 0. The Labute approximate surface area is 138 Å². The van der Waals surface area contributed by atoms with E-state index in [0.717, 1.165) is 12.8 Å². The minimum atomic E-state index is 0.405. The minimum Gasteiger partial charge on any atom is -0.0955 e. The summed E-state index contributed by atoms with van der Waals surface area (Å²) in [5.41, 5.74) is 8.15. The topological polar surface area (TPSA) is 0 Å². The summed E-state index contributed by atoms with van der Waals surface area (Å²) in [6.07, 6.45) is 10.9. The Morgan fingerprint density at radius 2 is 1.78 bits per heavy atom. The van der Waals surface area contributed by atoms with Crippen molar-refractivity contribution in [2.24, 2.45) is 0 Å². The molecule has 112 valence electrons. The first kappa shape index (κ1) is 14.0. The monoisotopic (exact) mass is 296 g/mol. The molecular formula is C23H20. The lowest BCUT2D eigenvalue weighted by Gasteiger charge is -2.19. The Hall–Kier alpha value is -2.60. The number of allylic oxidation sites excluding steroid dienone is 6. The molecule has 23 heavy (non-hydrogen) atoms. The first-order valence-electron chi connectivity index (χ1n) is 8.23. The lowest BCUT2D eigenvalue weighted by atomic mass is 9.84. The maximum absolute atomic E-state index is 4.37. The molecule has 0 saturated heterocycles. The SMILES string of the molecule is C=C(CC1C(c2ccccc2)=Cc2ccccc21)C1=CC=CC1. The van der Waals surface area contributed by atoms with E-state index in [4.69, 9.17) is 0 Å². The summed E-state index contributed by atoms with van der Waals surface area (Å²) >= 11 is 0. The molecule has 0 aromatic heterocycles. The Morgan fingerprint density at radius 3 is 2.57 bits per heavy atom. The molecule has 0 spiro atoms. The van der Waals surface area contributed by atoms with Gasteiger partial charge in [-0.1, -0.05) is 91.1 Å². The maximum Gasteiger partial charge on any atom is 0.0142 e. The van der Waals surface area contributed by atoms with Crippen LogP contribution in [-0.4, -0.2) is 0 Å². The van der Waals surface area contributed by atoms with Crippen LogP contribution in [0.2, 0.25) is 0 Å². The zero-order valence-corrected chi connectivity index (χ0v) is 13.2. The van der Waals surface area contributed by atoms with Gasteiger partial charge in [-0.15, -0.1) is 0 Å². The van der Waals surface area contributed by atoms with E-state index in [0.29, 0.717) is 5.92 Å². The third-order valence-corrected chi connectivity index (χ3v) is 4.84. The molecule has 0 nitrogen and oxygen atoms in total. The fraction of sp³-hybridized carbons (Fsp3) is 0.130. The molecule has 0 heteroatoms. The standard InChI is InChI=1S/C23H20/c1-17(18-9-5-6-10-18)15-23-21-14-8-7-13-20(21)16-22(23)19-11-3-2-4-12-19/h2-9,11-14,16,23H,1,10,15H2. The zero-order valence-electron chi connectivity index (χ0n) is 13.2. The predicted molar refractivity (Wildman–Crippen MR) is 99.1 cm³/mol. The summed E-state index contributed by atoms with van der Waals surface area (Å²) in [7, 11) is 0. The summed E-state index contributed by atoms with van der Waals surface area (Å²) in [6, 6.07) is 19.5. The molecule has 1 atom stereocenters. The molecule has 2 aliphatic rings. The van der Waals surface area contributed by atoms with Gasteiger partial charge in [-0.25, -0.2) is 0 Å². The Bertz CT molecular complexity index is 831. The van der Waals surface area contributed by atoms with Gasteiger partial charge in [-0.05, 0) is 40.7 Å². The van der Waals surface area contributed by atoms with E-state index in [1.54, 1.807) is 0 Å². The average Bonchev–Trinajstić information content (AvgIpc) is 3.24. The van der Waals surface area contributed by atoms with Crippen molar-refractivity contribution in [2.75, 3.05) is 0 Å². The highest BCUT2D eigenvalue weighted by atomic mass is 14.3. The molecule has 0 amide bonds. The average molecular weight is 296 g/mol. The third kappa shape index (κ3) is 2.61. The zero-order chi connectivity index (χ0) is 15.6. The summed E-state index contributed by atoms with van der Waals surface area (Å²) in [6.45, 7) is 4.37. The Morgan fingerprint density at radius 1 is 1.00 bits per heavy atom. The van der Waals surface area contributed by atoms with Crippen molar-refractivity contribution in [3.05, 3.63) is 107 Å². The molecule has 0 bridgehead atoms. The second-order valence-corrected chi connectivity index (χ2v) is 6.28. The molecule has 0 radical (unpaired) electrons. The van der Waals surface area contributed by atoms with Gasteiger partial charge >= 0.3 is 0 Å². The van der Waals surface area contributed by atoms with E-state index >= 15 is 0 Å². The number of benzene rings is 2. The van der Waals surface area contributed by atoms with E-state index < -0.39 is 0 Å². The highest BCUT2D eigenvalue weighted by Gasteiger charge is 2.27. The van der Waals surface area contributed by atoms with Gasteiger partial charge in [0.1, 0.15) is 0 Å². The van der Waals surface area contributed by atoms with Crippen LogP contribution in [0.25, 0.3) is 11.6 Å². The van der Waals surface area contributed by atoms with Crippen LogP contribution >= 0.6 is 0 Å². The lowest BCUT2D eigenvalue weighted by Crippen LogP contribution is -2.01. The van der Waals surface area contributed by atoms with Crippen LogP contribution in [0.1, 0.15) is 35.4 Å². The fourth-order valence-corrected chi connectivity index (χ4v) is 3.62. The van der Waals surface area contributed by atoms with Gasteiger partial charge in [0, 0.05) is 5.92 Å². The van der Waals surface area contributed by atoms with Crippen LogP contribution in [-0.2, 0) is 0 Å².